The monoisotopic (exact) mass is 240 g/mol. The van der Waals surface area contributed by atoms with E-state index >= 15 is 0 Å². The molecule has 1 aliphatic heterocycles. The largest absolute Gasteiger partial charge is 0.477 e. The van der Waals surface area contributed by atoms with Crippen LogP contribution in [0.4, 0.5) is 5.69 Å². The Morgan fingerprint density at radius 2 is 2.31 bits per heavy atom. The number of para-hydroxylation sites is 1. The number of carbonyl (C=O) groups is 1. The zero-order chi connectivity index (χ0) is 11.7. The lowest BCUT2D eigenvalue weighted by Gasteiger charge is -2.32. The zero-order valence-electron chi connectivity index (χ0n) is 8.94. The SMILES string of the molecule is CN1C(=O)C(CCN)Oc2c(Cl)cccc21. The number of likely N-dealkylation sites (N-methyl/N-ethyl adjacent to an activating group) is 1. The van der Waals surface area contributed by atoms with Crippen LogP contribution in [0.25, 0.3) is 0 Å². The lowest BCUT2D eigenvalue weighted by atomic mass is 10.1. The van der Waals surface area contributed by atoms with Crippen LogP contribution in [0.2, 0.25) is 5.02 Å². The Balaban J connectivity index is 2.40. The Kier molecular flexibility index (Phi) is 3.03. The lowest BCUT2D eigenvalue weighted by Crippen LogP contribution is -2.44. The molecule has 1 atom stereocenters. The van der Waals surface area contributed by atoms with Crippen LogP contribution in [0.5, 0.6) is 5.75 Å². The van der Waals surface area contributed by atoms with Crippen molar-refractivity contribution in [1.29, 1.82) is 0 Å². The molecule has 1 aliphatic rings. The lowest BCUT2D eigenvalue weighted by molar-refractivity contribution is -0.126. The highest BCUT2D eigenvalue weighted by atomic mass is 35.5. The minimum absolute atomic E-state index is 0.0831. The average molecular weight is 241 g/mol. The summed E-state index contributed by atoms with van der Waals surface area (Å²) < 4.78 is 5.58. The summed E-state index contributed by atoms with van der Waals surface area (Å²) >= 11 is 6.03. The third-order valence-corrected chi connectivity index (χ3v) is 2.90. The first-order valence-electron chi connectivity index (χ1n) is 5.08. The molecule has 16 heavy (non-hydrogen) atoms. The van der Waals surface area contributed by atoms with E-state index in [2.05, 4.69) is 0 Å². The second kappa shape index (κ2) is 4.31. The minimum atomic E-state index is -0.526. The van der Waals surface area contributed by atoms with Gasteiger partial charge in [0.05, 0.1) is 10.7 Å². The topological polar surface area (TPSA) is 55.6 Å². The third kappa shape index (κ3) is 1.74. The van der Waals surface area contributed by atoms with E-state index < -0.39 is 6.10 Å². The van der Waals surface area contributed by atoms with Gasteiger partial charge in [0.15, 0.2) is 11.9 Å². The number of hydrogen-bond acceptors (Lipinski definition) is 3. The van der Waals surface area contributed by atoms with Crippen LogP contribution in [-0.2, 0) is 4.79 Å². The molecule has 5 heteroatoms. The third-order valence-electron chi connectivity index (χ3n) is 2.60. The molecule has 4 nitrogen and oxygen atoms in total. The fourth-order valence-corrected chi connectivity index (χ4v) is 1.95. The first-order valence-corrected chi connectivity index (χ1v) is 5.45. The first kappa shape index (κ1) is 11.2. The number of benzene rings is 1. The van der Waals surface area contributed by atoms with E-state index in [0.29, 0.717) is 29.4 Å². The average Bonchev–Trinajstić information content (AvgIpc) is 2.27. The maximum Gasteiger partial charge on any atom is 0.267 e. The number of halogens is 1. The van der Waals surface area contributed by atoms with E-state index in [-0.39, 0.29) is 5.91 Å². The van der Waals surface area contributed by atoms with Crippen molar-refractivity contribution in [3.63, 3.8) is 0 Å². The van der Waals surface area contributed by atoms with E-state index in [9.17, 15) is 4.79 Å². The van der Waals surface area contributed by atoms with Gasteiger partial charge < -0.3 is 15.4 Å². The Morgan fingerprint density at radius 1 is 1.56 bits per heavy atom. The molecule has 2 rings (SSSR count). The van der Waals surface area contributed by atoms with Gasteiger partial charge in [-0.3, -0.25) is 4.79 Å². The normalized spacial score (nSPS) is 19.3. The molecule has 0 saturated carbocycles. The molecule has 0 spiro atoms. The summed E-state index contributed by atoms with van der Waals surface area (Å²) in [4.78, 5) is 13.5. The maximum atomic E-state index is 11.9. The molecular weight excluding hydrogens is 228 g/mol. The number of nitrogens with two attached hydrogens (primary N) is 1. The molecule has 0 bridgehead atoms. The fraction of sp³-hybridized carbons (Fsp3) is 0.364. The van der Waals surface area contributed by atoms with Gasteiger partial charge in [0.1, 0.15) is 0 Å². The van der Waals surface area contributed by atoms with Crippen LogP contribution in [-0.4, -0.2) is 25.6 Å². The molecule has 0 aliphatic carbocycles. The number of anilines is 1. The fourth-order valence-electron chi connectivity index (χ4n) is 1.74. The van der Waals surface area contributed by atoms with Crippen LogP contribution in [0.3, 0.4) is 0 Å². The molecule has 0 radical (unpaired) electrons. The summed E-state index contributed by atoms with van der Waals surface area (Å²) in [5, 5.41) is 0.513. The van der Waals surface area contributed by atoms with Gasteiger partial charge in [0.2, 0.25) is 0 Å². The van der Waals surface area contributed by atoms with Crippen molar-refractivity contribution in [3.8, 4) is 5.75 Å². The number of rotatable bonds is 2. The van der Waals surface area contributed by atoms with Crippen LogP contribution in [0, 0.1) is 0 Å². The van der Waals surface area contributed by atoms with Gasteiger partial charge in [-0.2, -0.15) is 0 Å². The van der Waals surface area contributed by atoms with E-state index in [1.807, 2.05) is 0 Å². The highest BCUT2D eigenvalue weighted by Crippen LogP contribution is 2.39. The predicted octanol–water partition coefficient (Wildman–Crippen LogP) is 1.41. The Labute approximate surface area is 98.9 Å². The summed E-state index contributed by atoms with van der Waals surface area (Å²) in [7, 11) is 1.71. The van der Waals surface area contributed by atoms with Gasteiger partial charge in [-0.15, -0.1) is 0 Å². The number of nitrogens with zero attached hydrogens (tertiary/aromatic N) is 1. The van der Waals surface area contributed by atoms with E-state index in [1.165, 1.54) is 0 Å². The number of ether oxygens (including phenoxy) is 1. The molecule has 1 amide bonds. The second-order valence-electron chi connectivity index (χ2n) is 3.67. The van der Waals surface area contributed by atoms with Gasteiger partial charge >= 0.3 is 0 Å². The quantitative estimate of drug-likeness (QED) is 0.851. The summed E-state index contributed by atoms with van der Waals surface area (Å²) in [5.74, 6) is 0.477. The van der Waals surface area contributed by atoms with E-state index in [0.717, 1.165) is 0 Å². The Bertz CT molecular complexity index is 422. The Hall–Kier alpha value is -1.26. The standard InChI is InChI=1S/C11H13ClN2O2/c1-14-8-4-2-3-7(12)10(8)16-9(5-6-13)11(14)15/h2-4,9H,5-6,13H2,1H3. The summed E-state index contributed by atoms with van der Waals surface area (Å²) in [6, 6.07) is 5.33. The summed E-state index contributed by atoms with van der Waals surface area (Å²) in [6.07, 6.45) is -0.0317. The molecular formula is C11H13ClN2O2. The highest BCUT2D eigenvalue weighted by Gasteiger charge is 2.32. The van der Waals surface area contributed by atoms with E-state index in [4.69, 9.17) is 22.1 Å². The van der Waals surface area contributed by atoms with Crippen molar-refractivity contribution in [2.75, 3.05) is 18.5 Å². The van der Waals surface area contributed by atoms with Crippen molar-refractivity contribution >= 4 is 23.2 Å². The van der Waals surface area contributed by atoms with Gasteiger partial charge in [-0.05, 0) is 18.7 Å². The molecule has 0 saturated heterocycles. The van der Waals surface area contributed by atoms with Crippen LogP contribution in [0.15, 0.2) is 18.2 Å². The molecule has 2 N–H and O–H groups in total. The first-order chi connectivity index (χ1) is 7.65. The van der Waals surface area contributed by atoms with Crippen molar-refractivity contribution in [1.82, 2.24) is 0 Å². The number of hydrogen-bond donors (Lipinski definition) is 1. The molecule has 1 aromatic rings. The van der Waals surface area contributed by atoms with E-state index in [1.54, 1.807) is 30.1 Å². The molecule has 0 aromatic heterocycles. The minimum Gasteiger partial charge on any atom is -0.477 e. The van der Waals surface area contributed by atoms with Crippen molar-refractivity contribution in [2.45, 2.75) is 12.5 Å². The summed E-state index contributed by atoms with van der Waals surface area (Å²) in [5.41, 5.74) is 6.14. The van der Waals surface area contributed by atoms with Crippen LogP contribution < -0.4 is 15.4 Å². The van der Waals surface area contributed by atoms with Gasteiger partial charge in [-0.25, -0.2) is 0 Å². The highest BCUT2D eigenvalue weighted by molar-refractivity contribution is 6.32. The summed E-state index contributed by atoms with van der Waals surface area (Å²) in [6.45, 7) is 0.407. The van der Waals surface area contributed by atoms with Crippen molar-refractivity contribution < 1.29 is 9.53 Å². The number of fused-ring (bicyclic) bond motifs is 1. The maximum absolute atomic E-state index is 11.9. The second-order valence-corrected chi connectivity index (χ2v) is 4.08. The van der Waals surface area contributed by atoms with Gasteiger partial charge in [0, 0.05) is 13.5 Å². The number of amides is 1. The number of carbonyl (C=O) groups excluding carboxylic acids is 1. The van der Waals surface area contributed by atoms with Crippen molar-refractivity contribution in [2.24, 2.45) is 5.73 Å². The predicted molar refractivity (Wildman–Crippen MR) is 62.9 cm³/mol. The Morgan fingerprint density at radius 3 is 3.00 bits per heavy atom. The van der Waals surface area contributed by atoms with Crippen LogP contribution >= 0.6 is 11.6 Å². The molecule has 1 aromatic carbocycles. The molecule has 86 valence electrons. The van der Waals surface area contributed by atoms with Crippen LogP contribution in [0.1, 0.15) is 6.42 Å². The van der Waals surface area contributed by atoms with Gasteiger partial charge in [0.25, 0.3) is 5.91 Å². The smallest absolute Gasteiger partial charge is 0.267 e. The molecule has 1 unspecified atom stereocenters. The van der Waals surface area contributed by atoms with Gasteiger partial charge in [-0.1, -0.05) is 17.7 Å². The van der Waals surface area contributed by atoms with Crippen molar-refractivity contribution in [3.05, 3.63) is 23.2 Å². The zero-order valence-corrected chi connectivity index (χ0v) is 9.70. The molecule has 0 fully saturated rings. The molecule has 1 heterocycles.